The minimum atomic E-state index is -0.0530. The van der Waals surface area contributed by atoms with Crippen molar-refractivity contribution in [2.45, 2.75) is 32.7 Å². The zero-order valence-corrected chi connectivity index (χ0v) is 12.2. The van der Waals surface area contributed by atoms with Crippen LogP contribution in [0, 0.1) is 0 Å². The van der Waals surface area contributed by atoms with E-state index in [1.165, 1.54) is 5.56 Å². The molecule has 0 aliphatic heterocycles. The van der Waals surface area contributed by atoms with Gasteiger partial charge in [-0.25, -0.2) is 4.98 Å². The van der Waals surface area contributed by atoms with Gasteiger partial charge in [0.2, 0.25) is 0 Å². The molecule has 1 aromatic heterocycles. The fourth-order valence-corrected chi connectivity index (χ4v) is 1.94. The van der Waals surface area contributed by atoms with Gasteiger partial charge in [-0.1, -0.05) is 39.0 Å². The van der Waals surface area contributed by atoms with E-state index in [2.05, 4.69) is 31.1 Å². The van der Waals surface area contributed by atoms with Crippen LogP contribution in [0.2, 0.25) is 0 Å². The highest BCUT2D eigenvalue weighted by Gasteiger charge is 2.14. The van der Waals surface area contributed by atoms with Crippen LogP contribution in [0.4, 0.5) is 0 Å². The third-order valence-corrected chi connectivity index (χ3v) is 3.23. The van der Waals surface area contributed by atoms with Crippen LogP contribution in [0.5, 0.6) is 0 Å². The van der Waals surface area contributed by atoms with Crippen molar-refractivity contribution >= 4 is 5.91 Å². The fraction of sp³-hybridized carbons (Fsp3) is 0.294. The van der Waals surface area contributed by atoms with E-state index in [-0.39, 0.29) is 11.3 Å². The number of carbonyl (C=O) groups excluding carboxylic acids is 1. The highest BCUT2D eigenvalue weighted by molar-refractivity contribution is 5.94. The van der Waals surface area contributed by atoms with Crippen molar-refractivity contribution in [3.05, 3.63) is 65.5 Å². The number of aromatic nitrogens is 1. The standard InChI is InChI=1S/C17H20N2O/c1-17(2,3)14-9-7-13(8-10-14)16(20)19-12-15-6-4-5-11-18-15/h4-11H,12H2,1-3H3,(H,19,20)/p+1. The monoisotopic (exact) mass is 269 g/mol. The van der Waals surface area contributed by atoms with Gasteiger partial charge in [-0.3, -0.25) is 4.79 Å². The molecule has 0 unspecified atom stereocenters. The predicted octanol–water partition coefficient (Wildman–Crippen LogP) is 2.73. The summed E-state index contributed by atoms with van der Waals surface area (Å²) in [5.74, 6) is -0.0530. The zero-order chi connectivity index (χ0) is 14.6. The van der Waals surface area contributed by atoms with Gasteiger partial charge in [0.05, 0.1) is 0 Å². The third kappa shape index (κ3) is 3.67. The summed E-state index contributed by atoms with van der Waals surface area (Å²) in [6.07, 6.45) is 1.85. The number of carbonyl (C=O) groups is 1. The topological polar surface area (TPSA) is 43.2 Å². The number of rotatable bonds is 3. The van der Waals surface area contributed by atoms with E-state index in [1.807, 2.05) is 48.7 Å². The van der Waals surface area contributed by atoms with Gasteiger partial charge in [-0.15, -0.1) is 0 Å². The molecular formula is C17H21N2O+. The van der Waals surface area contributed by atoms with Gasteiger partial charge in [0.15, 0.2) is 11.9 Å². The summed E-state index contributed by atoms with van der Waals surface area (Å²) in [6.45, 7) is 6.98. The highest BCUT2D eigenvalue weighted by atomic mass is 16.1. The summed E-state index contributed by atoms with van der Waals surface area (Å²) in [4.78, 5) is 15.1. The molecule has 2 rings (SSSR count). The second-order valence-corrected chi connectivity index (χ2v) is 5.90. The van der Waals surface area contributed by atoms with Crippen molar-refractivity contribution < 1.29 is 9.78 Å². The van der Waals surface area contributed by atoms with Crippen molar-refractivity contribution in [2.75, 3.05) is 0 Å². The first-order valence-electron chi connectivity index (χ1n) is 6.81. The molecule has 3 nitrogen and oxygen atoms in total. The number of amides is 1. The number of hydrogen-bond donors (Lipinski definition) is 1. The quantitative estimate of drug-likeness (QED) is 0.914. The number of aromatic amines is 1. The van der Waals surface area contributed by atoms with Crippen molar-refractivity contribution in [1.29, 1.82) is 0 Å². The molecule has 0 aliphatic carbocycles. The molecule has 2 aromatic rings. The van der Waals surface area contributed by atoms with Gasteiger partial charge in [-0.2, -0.15) is 0 Å². The second kappa shape index (κ2) is 5.87. The van der Waals surface area contributed by atoms with Crippen LogP contribution in [-0.2, 0) is 12.0 Å². The Morgan fingerprint density at radius 3 is 2.35 bits per heavy atom. The lowest BCUT2D eigenvalue weighted by atomic mass is 9.87. The van der Waals surface area contributed by atoms with Crippen LogP contribution >= 0.6 is 0 Å². The Kier molecular flexibility index (Phi) is 4.18. The molecule has 1 heterocycles. The third-order valence-electron chi connectivity index (χ3n) is 3.23. The van der Waals surface area contributed by atoms with Crippen LogP contribution in [0.1, 0.15) is 42.4 Å². The predicted molar refractivity (Wildman–Crippen MR) is 79.3 cm³/mol. The fourth-order valence-electron chi connectivity index (χ4n) is 1.94. The number of nitrogens with one attached hydrogen (secondary N) is 2. The van der Waals surface area contributed by atoms with Crippen molar-refractivity contribution in [3.8, 4) is 0 Å². The first-order valence-corrected chi connectivity index (χ1v) is 6.81. The Hall–Kier alpha value is -2.16. The number of hydrogen-bond acceptors (Lipinski definition) is 1. The van der Waals surface area contributed by atoms with E-state index in [1.54, 1.807) is 0 Å². The summed E-state index contributed by atoms with van der Waals surface area (Å²) in [7, 11) is 0. The molecule has 0 radical (unpaired) electrons. The van der Waals surface area contributed by atoms with Crippen LogP contribution in [0.15, 0.2) is 48.7 Å². The Bertz CT molecular complexity index is 568. The van der Waals surface area contributed by atoms with Gasteiger partial charge in [0, 0.05) is 17.7 Å². The van der Waals surface area contributed by atoms with Gasteiger partial charge in [-0.05, 0) is 23.1 Å². The molecule has 0 spiro atoms. The van der Waals surface area contributed by atoms with Crippen LogP contribution in [0.3, 0.4) is 0 Å². The van der Waals surface area contributed by atoms with Crippen LogP contribution in [0.25, 0.3) is 0 Å². The second-order valence-electron chi connectivity index (χ2n) is 5.90. The molecular weight excluding hydrogens is 248 g/mol. The van der Waals surface area contributed by atoms with Crippen LogP contribution < -0.4 is 10.3 Å². The minimum Gasteiger partial charge on any atom is -0.342 e. The van der Waals surface area contributed by atoms with Crippen molar-refractivity contribution in [2.24, 2.45) is 0 Å². The van der Waals surface area contributed by atoms with E-state index in [0.29, 0.717) is 12.1 Å². The summed E-state index contributed by atoms with van der Waals surface area (Å²) >= 11 is 0. The molecule has 0 fully saturated rings. The molecule has 0 saturated heterocycles. The maximum atomic E-state index is 12.1. The van der Waals surface area contributed by atoms with Gasteiger partial charge in [0.1, 0.15) is 6.54 Å². The lowest BCUT2D eigenvalue weighted by Crippen LogP contribution is -2.26. The first kappa shape index (κ1) is 14.3. The summed E-state index contributed by atoms with van der Waals surface area (Å²) < 4.78 is 0. The van der Waals surface area contributed by atoms with Crippen LogP contribution in [-0.4, -0.2) is 5.91 Å². The lowest BCUT2D eigenvalue weighted by Gasteiger charge is -2.18. The van der Waals surface area contributed by atoms with Crippen molar-refractivity contribution in [1.82, 2.24) is 5.32 Å². The Morgan fingerprint density at radius 2 is 1.80 bits per heavy atom. The summed E-state index contributed by atoms with van der Waals surface area (Å²) in [5, 5.41) is 2.90. The average Bonchev–Trinajstić information content (AvgIpc) is 2.45. The van der Waals surface area contributed by atoms with E-state index >= 15 is 0 Å². The molecule has 1 amide bonds. The number of H-pyrrole nitrogens is 1. The summed E-state index contributed by atoms with van der Waals surface area (Å²) in [5.41, 5.74) is 3.00. The highest BCUT2D eigenvalue weighted by Crippen LogP contribution is 2.22. The average molecular weight is 269 g/mol. The Labute approximate surface area is 120 Å². The van der Waals surface area contributed by atoms with E-state index in [4.69, 9.17) is 0 Å². The zero-order valence-electron chi connectivity index (χ0n) is 12.2. The molecule has 0 saturated carbocycles. The molecule has 104 valence electrons. The maximum absolute atomic E-state index is 12.1. The smallest absolute Gasteiger partial charge is 0.251 e. The molecule has 1 aromatic carbocycles. The molecule has 0 aliphatic rings. The summed E-state index contributed by atoms with van der Waals surface area (Å²) in [6, 6.07) is 13.6. The normalized spacial score (nSPS) is 11.2. The SMILES string of the molecule is CC(C)(C)c1ccc(C(=O)NCc2cccc[nH+]2)cc1. The first-order chi connectivity index (χ1) is 9.47. The largest absolute Gasteiger partial charge is 0.342 e. The molecule has 2 N–H and O–H groups in total. The van der Waals surface area contributed by atoms with Gasteiger partial charge >= 0.3 is 0 Å². The Balaban J connectivity index is 1.99. The van der Waals surface area contributed by atoms with E-state index in [9.17, 15) is 4.79 Å². The number of pyridine rings is 1. The van der Waals surface area contributed by atoms with Gasteiger partial charge < -0.3 is 5.32 Å². The maximum Gasteiger partial charge on any atom is 0.251 e. The van der Waals surface area contributed by atoms with E-state index < -0.39 is 0 Å². The molecule has 0 atom stereocenters. The minimum absolute atomic E-state index is 0.0530. The molecule has 20 heavy (non-hydrogen) atoms. The number of benzene rings is 1. The van der Waals surface area contributed by atoms with Crippen molar-refractivity contribution in [3.63, 3.8) is 0 Å². The lowest BCUT2D eigenvalue weighted by molar-refractivity contribution is -0.390. The van der Waals surface area contributed by atoms with Gasteiger partial charge in [0.25, 0.3) is 5.91 Å². The molecule has 3 heteroatoms. The molecule has 0 bridgehead atoms. The Morgan fingerprint density at radius 1 is 1.10 bits per heavy atom. The van der Waals surface area contributed by atoms with E-state index in [0.717, 1.165) is 5.69 Å².